The second-order valence-corrected chi connectivity index (χ2v) is 5.73. The first-order chi connectivity index (χ1) is 8.27. The van der Waals surface area contributed by atoms with Crippen LogP contribution in [-0.4, -0.2) is 25.3 Å². The van der Waals surface area contributed by atoms with Crippen molar-refractivity contribution in [3.8, 4) is 0 Å². The number of hydrogen-bond acceptors (Lipinski definition) is 3. The summed E-state index contributed by atoms with van der Waals surface area (Å²) in [4.78, 5) is 0. The van der Waals surface area contributed by atoms with Crippen molar-refractivity contribution in [1.82, 2.24) is 0 Å². The van der Waals surface area contributed by atoms with E-state index >= 15 is 0 Å². The third-order valence-corrected chi connectivity index (χ3v) is 3.42. The molecule has 299 valence electrons. The van der Waals surface area contributed by atoms with Gasteiger partial charge in [0.05, 0.1) is 0 Å². The van der Waals surface area contributed by atoms with Crippen LogP contribution in [0.4, 0.5) is 0 Å². The molecular formula is C13H31NO3PY63+. The van der Waals surface area contributed by atoms with Crippen molar-refractivity contribution in [2.75, 3.05) is 19.8 Å². The van der Waals surface area contributed by atoms with Crippen LogP contribution in [0.25, 0.3) is 0 Å². The van der Waals surface area contributed by atoms with Gasteiger partial charge in [0.1, 0.15) is 6.61 Å². The Morgan fingerprint density at radius 1 is 0.198 bits per heavy atom. The zero-order valence-corrected chi connectivity index (χ0v) is 228. The maximum Gasteiger partial charge on any atom is 0.504 e. The van der Waals surface area contributed by atoms with Gasteiger partial charge in [-0.3, -0.25) is 0 Å². The van der Waals surface area contributed by atoms with Crippen molar-refractivity contribution in [1.29, 1.82) is 0 Å². The van der Waals surface area contributed by atoms with Crippen molar-refractivity contribution in [2.45, 2.75) is 64.2 Å². The number of rotatable bonds is 13. The van der Waals surface area contributed by atoms with Crippen LogP contribution in [0.2, 0.25) is 0 Å². The van der Waals surface area contributed by atoms with Crippen LogP contribution in [-0.2, 0) is 2070 Å². The molecule has 1 unspecified atom stereocenters. The van der Waals surface area contributed by atoms with Crippen LogP contribution in [0.15, 0.2) is 0 Å². The third kappa shape index (κ3) is 466. The molecule has 0 rings (SSSR count). The van der Waals surface area contributed by atoms with E-state index in [1.54, 1.807) is 6.66 Å². The Morgan fingerprint density at radius 3 is 0.370 bits per heavy atom. The average molecular weight is 5880 g/mol. The first-order valence-electron chi connectivity index (χ1n) is 7.01. The van der Waals surface area contributed by atoms with Crippen LogP contribution in [0.5, 0.6) is 0 Å². The minimum absolute atomic E-state index is 0. The van der Waals surface area contributed by atoms with E-state index in [4.69, 9.17) is 10.3 Å². The van der Waals surface area contributed by atoms with Crippen molar-refractivity contribution in [3.05, 3.63) is 0 Å². The summed E-state index contributed by atoms with van der Waals surface area (Å²) in [7, 11) is -1.40. The summed E-state index contributed by atoms with van der Waals surface area (Å²) in [5.74, 6) is 0. The molecule has 0 fully saturated rings. The first kappa shape index (κ1) is 460. The molecule has 0 aromatic carbocycles. The fourth-order valence-corrected chi connectivity index (χ4v) is 2.24. The second kappa shape index (κ2) is 451. The van der Waals surface area contributed by atoms with Gasteiger partial charge in [-0.2, -0.15) is 0 Å². The normalized spacial score (nSPS) is 2.47. The summed E-state index contributed by atoms with van der Waals surface area (Å²) in [6, 6.07) is 0. The van der Waals surface area contributed by atoms with Crippen LogP contribution in [0, 0.1) is 0 Å². The van der Waals surface area contributed by atoms with Crippen LogP contribution in [0.3, 0.4) is 0 Å². The van der Waals surface area contributed by atoms with E-state index in [0.29, 0.717) is 6.61 Å². The fourth-order valence-electron chi connectivity index (χ4n) is 1.85. The van der Waals surface area contributed by atoms with E-state index in [0.717, 1.165) is 13.0 Å². The number of hydrogen-bond donors (Lipinski definition) is 1. The molecule has 63 radical (unpaired) electrons. The van der Waals surface area contributed by atoms with Gasteiger partial charge in [-0.05, 0) is 24.0 Å². The van der Waals surface area contributed by atoms with E-state index in [-0.39, 0.29) is 2070 Å². The zero-order valence-electron chi connectivity index (χ0n) is 48.2. The molecule has 0 heterocycles. The van der Waals surface area contributed by atoms with Crippen LogP contribution in [0.1, 0.15) is 64.2 Å². The Hall–Kier alpha value is 69.5. The predicted octanol–water partition coefficient (Wildman–Crippen LogP) is 3.25. The fraction of sp³-hybridized carbons (Fsp3) is 1.00. The van der Waals surface area contributed by atoms with Gasteiger partial charge >= 0.3 is 8.03 Å². The maximum atomic E-state index is 10.6. The third-order valence-electron chi connectivity index (χ3n) is 2.87. The minimum Gasteiger partial charge on any atom is -0.412 e. The maximum absolute atomic E-state index is 10.6. The summed E-state index contributed by atoms with van der Waals surface area (Å²) in [5.41, 5.74) is 5.44. The Labute approximate surface area is 2090 Å². The number of unbranched alkanes of at least 4 members (excludes halogenated alkanes) is 9. The molecule has 0 aliphatic heterocycles. The van der Waals surface area contributed by atoms with Gasteiger partial charge in [-0.1, -0.05) is 51.4 Å². The Kier molecular flexibility index (Phi) is 2560. The topological polar surface area (TPSA) is 83.8 Å². The van der Waals surface area contributed by atoms with E-state index in [1.165, 1.54) is 57.8 Å². The smallest absolute Gasteiger partial charge is 0.412 e. The van der Waals surface area contributed by atoms with E-state index in [1.807, 2.05) is 0 Å². The molecule has 0 amide bonds. The Bertz CT molecular complexity index is 242. The molecule has 1 atom stereocenters. The van der Waals surface area contributed by atoms with Crippen molar-refractivity contribution in [2.24, 2.45) is 5.73 Å². The Morgan fingerprint density at radius 2 is 0.284 bits per heavy atom. The van der Waals surface area contributed by atoms with Gasteiger partial charge in [0.2, 0.25) is 0 Å². The molecule has 0 aliphatic rings. The predicted molar refractivity (Wildman–Crippen MR) is 78.3 cm³/mol. The van der Waals surface area contributed by atoms with Gasteiger partial charge < -0.3 is 11.2 Å². The quantitative estimate of drug-likeness (QED) is 0.228. The minimum atomic E-state index is -1.40. The molecule has 0 aromatic rings. The first-order valence-corrected chi connectivity index (χ1v) is 8.63. The molecule has 4 nitrogen and oxygen atoms in total. The molecule has 4 N–H and O–H groups in total. The summed E-state index contributed by atoms with van der Waals surface area (Å²) < 4.78 is 15.7. The monoisotopic (exact) mass is 5880 g/mol. The standard InChI is InChI=1S/C13H29NO2P.H2O.63Y/c1-17(15)16-13-11-9-7-5-3-2-4-6-8-10-12-14;;;;;;;;;;;;;;;;;;;;;;;;;;;;;;;;;;;;;;;;;;;;;;;;;;;;;;;;;;;;;;;;/h2-14H2,1H3;1H2;;;;;;;;;;;;;;;;;;;;;;;;;;;;;;;;;;;;;;;;;;;;;;;;;;;;;;;;;;;;;;;/q+1;;;;;;;;;;;;;;;;;;;;;;;;;;;;;;;;;;;;;;;;;;;;;;;;;;;;;;;;;;;;;;;;. The van der Waals surface area contributed by atoms with Crippen LogP contribution >= 0.6 is 8.03 Å². The average Bonchev–Trinajstić information content (AvgIpc) is 2.30. The molecular weight excluding hydrogens is 5850 g/mol. The van der Waals surface area contributed by atoms with Gasteiger partial charge in [-0.25, -0.2) is 0 Å². The molecule has 0 saturated carbocycles. The van der Waals surface area contributed by atoms with Gasteiger partial charge in [-0.15, -0.1) is 4.52 Å². The largest absolute Gasteiger partial charge is 0.504 e. The molecule has 0 saturated heterocycles. The summed E-state index contributed by atoms with van der Waals surface area (Å²) in [6.07, 6.45) is 12.8. The van der Waals surface area contributed by atoms with E-state index in [2.05, 4.69) is 0 Å². The number of nitrogens with two attached hydrogens (primary N) is 1. The van der Waals surface area contributed by atoms with Gasteiger partial charge in [0.25, 0.3) is 0 Å². The molecule has 0 aromatic heterocycles. The zero-order chi connectivity index (χ0) is 12.8. The SMILES string of the molecule is C[P+](=O)OCCCCCCCCCCCCN.O.[Y].[Y].[Y].[Y].[Y].[Y].[Y].[Y].[Y].[Y].[Y].[Y].[Y].[Y].[Y].[Y].[Y].[Y].[Y].[Y].[Y].[Y].[Y].[Y].[Y].[Y].[Y].[Y].[Y].[Y].[Y].[Y].[Y].[Y].[Y].[Y].[Y].[Y].[Y].[Y].[Y].[Y].[Y].[Y].[Y].[Y].[Y].[Y].[Y].[Y].[Y].[Y].[Y].[Y].[Y].[Y].[Y].[Y].[Y].[Y].[Y].[Y].[Y]. The van der Waals surface area contributed by atoms with Crippen molar-refractivity contribution >= 4 is 8.03 Å². The summed E-state index contributed by atoms with van der Waals surface area (Å²) in [6.45, 7) is 3.11. The molecule has 0 bridgehead atoms. The van der Waals surface area contributed by atoms with Gasteiger partial charge in [0, 0.05) is 2060 Å². The summed E-state index contributed by atoms with van der Waals surface area (Å²) in [5, 5.41) is 0. The van der Waals surface area contributed by atoms with E-state index < -0.39 is 8.03 Å². The second-order valence-electron chi connectivity index (χ2n) is 4.60. The Balaban J connectivity index is -0.000000000635. The van der Waals surface area contributed by atoms with Crippen LogP contribution < -0.4 is 5.73 Å². The van der Waals surface area contributed by atoms with Gasteiger partial charge in [0.15, 0.2) is 6.66 Å². The molecule has 81 heavy (non-hydrogen) atoms. The van der Waals surface area contributed by atoms with E-state index in [9.17, 15) is 4.57 Å². The van der Waals surface area contributed by atoms with Crippen molar-refractivity contribution in [3.63, 3.8) is 0 Å². The summed E-state index contributed by atoms with van der Waals surface area (Å²) >= 11 is 0. The molecule has 0 spiro atoms. The molecule has 0 aliphatic carbocycles. The molecule has 68 heteroatoms. The van der Waals surface area contributed by atoms with Crippen molar-refractivity contribution < 1.29 is 2080 Å².